The highest BCUT2D eigenvalue weighted by Crippen LogP contribution is 2.28. The van der Waals surface area contributed by atoms with Crippen LogP contribution < -0.4 is 5.32 Å². The lowest BCUT2D eigenvalue weighted by Gasteiger charge is -2.34. The number of nitrogens with zero attached hydrogens (tertiary/aromatic N) is 2. The molecule has 2 N–H and O–H groups in total. The Morgan fingerprint density at radius 3 is 2.59 bits per heavy atom. The third-order valence-corrected chi connectivity index (χ3v) is 7.68. The highest BCUT2D eigenvalue weighted by atomic mass is 35.5. The summed E-state index contributed by atoms with van der Waals surface area (Å²) in [4.78, 5) is 20.5. The van der Waals surface area contributed by atoms with Crippen molar-refractivity contribution >= 4 is 38.6 Å². The lowest BCUT2D eigenvalue weighted by atomic mass is 10.2. The lowest BCUT2D eigenvalue weighted by Crippen LogP contribution is -2.48. The van der Waals surface area contributed by atoms with E-state index >= 15 is 0 Å². The van der Waals surface area contributed by atoms with E-state index in [0.717, 1.165) is 11.0 Å². The molecule has 4 rings (SSSR count). The molecule has 170 valence electrons. The fraction of sp³-hybridized carbons (Fsp3) is 0.364. The molecule has 0 saturated carbocycles. The smallest absolute Gasteiger partial charge is 0.251 e. The summed E-state index contributed by atoms with van der Waals surface area (Å²) in [6.07, 6.45) is -0.466. The molecule has 0 bridgehead atoms. The van der Waals surface area contributed by atoms with Gasteiger partial charge in [-0.05, 0) is 51.1 Å². The van der Waals surface area contributed by atoms with Gasteiger partial charge in [-0.15, -0.1) is 0 Å². The molecule has 1 amide bonds. The second-order valence-electron chi connectivity index (χ2n) is 8.06. The summed E-state index contributed by atoms with van der Waals surface area (Å²) in [7, 11) is -3.89. The molecule has 0 aliphatic carbocycles. The summed E-state index contributed by atoms with van der Waals surface area (Å²) in [5.41, 5.74) is 1.88. The van der Waals surface area contributed by atoms with Crippen LogP contribution in [0.4, 0.5) is 0 Å². The minimum absolute atomic E-state index is 0.0682. The van der Waals surface area contributed by atoms with Crippen molar-refractivity contribution in [3.63, 3.8) is 0 Å². The largest absolute Gasteiger partial charge is 0.373 e. The first kappa shape index (κ1) is 22.7. The maximum absolute atomic E-state index is 13.3. The zero-order valence-electron chi connectivity index (χ0n) is 18.0. The molecule has 1 aromatic heterocycles. The number of fused-ring (bicyclic) bond motifs is 1. The second-order valence-corrected chi connectivity index (χ2v) is 10.4. The number of hydrogen-bond acceptors (Lipinski definition) is 5. The Balaban J connectivity index is 1.56. The predicted molar refractivity (Wildman–Crippen MR) is 122 cm³/mol. The fourth-order valence-electron chi connectivity index (χ4n) is 3.83. The molecule has 1 saturated heterocycles. The molecule has 0 radical (unpaired) electrons. The molecular formula is C22H25ClN4O4S. The number of imidazole rings is 1. The van der Waals surface area contributed by atoms with Gasteiger partial charge in [0.05, 0.1) is 34.3 Å². The number of sulfonamides is 1. The Labute approximate surface area is 192 Å². The number of carbonyl (C=O) groups is 1. The molecule has 1 aliphatic rings. The number of ether oxygens (including phenoxy) is 1. The molecular weight excluding hydrogens is 452 g/mol. The first-order valence-electron chi connectivity index (χ1n) is 10.4. The van der Waals surface area contributed by atoms with E-state index in [9.17, 15) is 13.2 Å². The molecule has 0 unspecified atom stereocenters. The van der Waals surface area contributed by atoms with Crippen LogP contribution in [0.25, 0.3) is 11.0 Å². The molecule has 10 heteroatoms. The van der Waals surface area contributed by atoms with Gasteiger partial charge < -0.3 is 15.0 Å². The van der Waals surface area contributed by atoms with Crippen molar-refractivity contribution in [1.82, 2.24) is 19.6 Å². The summed E-state index contributed by atoms with van der Waals surface area (Å²) < 4.78 is 33.5. The first-order chi connectivity index (χ1) is 15.1. The van der Waals surface area contributed by atoms with E-state index in [1.54, 1.807) is 6.92 Å². The van der Waals surface area contributed by atoms with Gasteiger partial charge in [-0.25, -0.2) is 13.4 Å². The number of benzene rings is 2. The van der Waals surface area contributed by atoms with Gasteiger partial charge in [-0.1, -0.05) is 23.7 Å². The molecule has 2 aromatic carbocycles. The van der Waals surface area contributed by atoms with Crippen molar-refractivity contribution in [3.8, 4) is 0 Å². The van der Waals surface area contributed by atoms with Gasteiger partial charge in [0.25, 0.3) is 5.91 Å². The van der Waals surface area contributed by atoms with E-state index in [4.69, 9.17) is 16.3 Å². The summed E-state index contributed by atoms with van der Waals surface area (Å²) in [5, 5.41) is 2.93. The zero-order valence-corrected chi connectivity index (χ0v) is 19.6. The number of carbonyl (C=O) groups excluding carboxylic acids is 1. The van der Waals surface area contributed by atoms with E-state index in [1.165, 1.54) is 22.5 Å². The van der Waals surface area contributed by atoms with Crippen molar-refractivity contribution < 1.29 is 17.9 Å². The van der Waals surface area contributed by atoms with Crippen LogP contribution in [-0.2, 0) is 14.8 Å². The number of aromatic amines is 1. The molecule has 1 aliphatic heterocycles. The maximum atomic E-state index is 13.3. The highest BCUT2D eigenvalue weighted by molar-refractivity contribution is 7.89. The number of H-pyrrole nitrogens is 1. The number of aromatic nitrogens is 2. The van der Waals surface area contributed by atoms with E-state index < -0.39 is 22.0 Å². The minimum atomic E-state index is -3.89. The van der Waals surface area contributed by atoms with Crippen molar-refractivity contribution in [2.24, 2.45) is 0 Å². The van der Waals surface area contributed by atoms with Gasteiger partial charge in [-0.2, -0.15) is 4.31 Å². The molecule has 3 aromatic rings. The second kappa shape index (κ2) is 8.82. The molecule has 0 spiro atoms. The first-order valence-corrected chi connectivity index (χ1v) is 12.2. The van der Waals surface area contributed by atoms with Gasteiger partial charge in [-0.3, -0.25) is 4.79 Å². The number of halogens is 1. The van der Waals surface area contributed by atoms with Gasteiger partial charge in [0.15, 0.2) is 0 Å². The predicted octanol–water partition coefficient (Wildman–Crippen LogP) is 3.51. The third-order valence-electron chi connectivity index (χ3n) is 5.36. The van der Waals surface area contributed by atoms with Crippen molar-refractivity contribution in [2.75, 3.05) is 13.1 Å². The van der Waals surface area contributed by atoms with E-state index in [-0.39, 0.29) is 40.8 Å². The Morgan fingerprint density at radius 2 is 1.91 bits per heavy atom. The quantitative estimate of drug-likeness (QED) is 0.586. The van der Waals surface area contributed by atoms with E-state index in [0.29, 0.717) is 5.82 Å². The Bertz CT molecular complexity index is 1220. The minimum Gasteiger partial charge on any atom is -0.373 e. The van der Waals surface area contributed by atoms with Crippen LogP contribution in [0.3, 0.4) is 0 Å². The standard InChI is InChI=1S/C22H25ClN4O4S/c1-13-11-27(12-14(2)31-13)32(29,30)20-10-16(8-9-17(20)23)22(28)24-15(3)21-25-18-6-4-5-7-19(18)26-21/h4-10,13-15H,11-12H2,1-3H3,(H,24,28)(H,25,26)/t13-,14+,15-/m1/s1. The normalized spacial score (nSPS) is 20.9. The van der Waals surface area contributed by atoms with Gasteiger partial charge in [0.2, 0.25) is 10.0 Å². The molecule has 8 nitrogen and oxygen atoms in total. The van der Waals surface area contributed by atoms with Gasteiger partial charge >= 0.3 is 0 Å². The number of nitrogens with one attached hydrogen (secondary N) is 2. The number of hydrogen-bond donors (Lipinski definition) is 2. The molecule has 2 heterocycles. The average molecular weight is 477 g/mol. The van der Waals surface area contributed by atoms with Crippen molar-refractivity contribution in [3.05, 3.63) is 58.9 Å². The Morgan fingerprint density at radius 1 is 1.22 bits per heavy atom. The average Bonchev–Trinajstić information content (AvgIpc) is 3.17. The van der Waals surface area contributed by atoms with Crippen molar-refractivity contribution in [2.45, 2.75) is 43.9 Å². The van der Waals surface area contributed by atoms with Crippen LogP contribution in [0, 0.1) is 0 Å². The van der Waals surface area contributed by atoms with Crippen LogP contribution in [-0.4, -0.2) is 53.9 Å². The molecule has 1 fully saturated rings. The van der Waals surface area contributed by atoms with E-state index in [2.05, 4.69) is 15.3 Å². The van der Waals surface area contributed by atoms with Crippen LogP contribution in [0.2, 0.25) is 5.02 Å². The lowest BCUT2D eigenvalue weighted by molar-refractivity contribution is -0.0440. The summed E-state index contributed by atoms with van der Waals surface area (Å²) >= 11 is 6.24. The monoisotopic (exact) mass is 476 g/mol. The van der Waals surface area contributed by atoms with Crippen LogP contribution in [0.5, 0.6) is 0 Å². The third kappa shape index (κ3) is 4.52. The summed E-state index contributed by atoms with van der Waals surface area (Å²) in [5.74, 6) is 0.187. The SMILES string of the molecule is C[C@@H]1CN(S(=O)(=O)c2cc(C(=O)N[C@H](C)c3nc4ccccc4[nH]3)ccc2Cl)C[C@H](C)O1. The number of para-hydroxylation sites is 2. The Hall–Kier alpha value is -2.46. The van der Waals surface area contributed by atoms with Crippen LogP contribution >= 0.6 is 11.6 Å². The van der Waals surface area contributed by atoms with E-state index in [1.807, 2.05) is 38.1 Å². The number of amides is 1. The molecule has 3 atom stereocenters. The molecule has 32 heavy (non-hydrogen) atoms. The number of morpholine rings is 1. The van der Waals surface area contributed by atoms with Crippen LogP contribution in [0.15, 0.2) is 47.4 Å². The fourth-order valence-corrected chi connectivity index (χ4v) is 5.93. The summed E-state index contributed by atoms with van der Waals surface area (Å²) in [6, 6.07) is 11.4. The van der Waals surface area contributed by atoms with Crippen molar-refractivity contribution in [1.29, 1.82) is 0 Å². The van der Waals surface area contributed by atoms with Gasteiger partial charge in [0.1, 0.15) is 10.7 Å². The zero-order chi connectivity index (χ0) is 23.0. The summed E-state index contributed by atoms with van der Waals surface area (Å²) in [6.45, 7) is 5.90. The number of rotatable bonds is 5. The Kier molecular flexibility index (Phi) is 6.26. The van der Waals surface area contributed by atoms with Crippen LogP contribution in [0.1, 0.15) is 43.0 Å². The van der Waals surface area contributed by atoms with Gasteiger partial charge in [0, 0.05) is 18.7 Å². The maximum Gasteiger partial charge on any atom is 0.251 e. The highest BCUT2D eigenvalue weighted by Gasteiger charge is 2.34. The topological polar surface area (TPSA) is 104 Å².